The molecule has 0 radical (unpaired) electrons. The Morgan fingerprint density at radius 3 is 2.03 bits per heavy atom. The molecule has 0 aromatic heterocycles. The van der Waals surface area contributed by atoms with Crippen molar-refractivity contribution in [2.75, 3.05) is 13.2 Å². The highest BCUT2D eigenvalue weighted by molar-refractivity contribution is 5.22. The molecule has 0 saturated carbocycles. The van der Waals surface area contributed by atoms with Crippen LogP contribution in [0.3, 0.4) is 0 Å². The summed E-state index contributed by atoms with van der Waals surface area (Å²) in [5.41, 5.74) is -0.543. The second-order valence-electron chi connectivity index (χ2n) is 7.23. The maximum atomic E-state index is 10.3. The van der Waals surface area contributed by atoms with E-state index >= 15 is 0 Å². The maximum Gasteiger partial charge on any atom is 0.188 e. The highest BCUT2D eigenvalue weighted by atomic mass is 16.7. The van der Waals surface area contributed by atoms with Gasteiger partial charge in [0.05, 0.1) is 26.1 Å². The fourth-order valence-corrected chi connectivity index (χ4v) is 3.25. The Hall–Kier alpha value is -1.73. The smallest absolute Gasteiger partial charge is 0.188 e. The van der Waals surface area contributed by atoms with Gasteiger partial charge in [0.2, 0.25) is 0 Å². The molecular weight excluding hydrogens is 430 g/mol. The summed E-state index contributed by atoms with van der Waals surface area (Å²) in [5.74, 6) is 0. The van der Waals surface area contributed by atoms with Gasteiger partial charge in [-0.3, -0.25) is 0 Å². The first-order valence-corrected chi connectivity index (χ1v) is 9.59. The van der Waals surface area contributed by atoms with E-state index < -0.39 is 117 Å². The Morgan fingerprint density at radius 2 is 1.44 bits per heavy atom. The van der Waals surface area contributed by atoms with Crippen molar-refractivity contribution in [3.05, 3.63) is 35.8 Å². The van der Waals surface area contributed by atoms with Crippen molar-refractivity contribution >= 4 is 0 Å². The fraction of sp³-hybridized carbons (Fsp3) is 0.650. The number of hydrogen-bond acceptors (Lipinski definition) is 12. The van der Waals surface area contributed by atoms with Gasteiger partial charge in [0.25, 0.3) is 0 Å². The summed E-state index contributed by atoms with van der Waals surface area (Å²) < 4.78 is 60.4. The van der Waals surface area contributed by atoms with Gasteiger partial charge in [-0.05, 0) is 5.56 Å². The third-order valence-electron chi connectivity index (χ3n) is 5.11. The second-order valence-corrected chi connectivity index (χ2v) is 7.23. The largest absolute Gasteiger partial charge is 0.394 e. The molecule has 2 saturated heterocycles. The molecule has 0 bridgehead atoms. The minimum absolute atomic E-state index is 0.543. The third kappa shape index (κ3) is 5.25. The van der Waals surface area contributed by atoms with Crippen LogP contribution in [0.4, 0.5) is 0 Å². The van der Waals surface area contributed by atoms with Crippen molar-refractivity contribution in [3.63, 3.8) is 0 Å². The number of ether oxygens (including phenoxy) is 4. The van der Waals surface area contributed by atoms with Gasteiger partial charge in [-0.2, -0.15) is 5.26 Å². The van der Waals surface area contributed by atoms with Crippen molar-refractivity contribution in [3.8, 4) is 6.07 Å². The zero-order valence-electron chi connectivity index (χ0n) is 21.5. The molecule has 32 heavy (non-hydrogen) atoms. The second kappa shape index (κ2) is 10.9. The molecule has 12 nitrogen and oxygen atoms in total. The molecule has 3 rings (SSSR count). The van der Waals surface area contributed by atoms with E-state index in [1.807, 2.05) is 0 Å². The summed E-state index contributed by atoms with van der Waals surface area (Å²) in [6.07, 6.45) is -18.9. The normalized spacial score (nSPS) is 43.2. The minimum Gasteiger partial charge on any atom is -0.394 e. The molecule has 0 amide bonds. The number of rotatable bonds is 7. The zero-order chi connectivity index (χ0) is 27.8. The van der Waals surface area contributed by atoms with Crippen molar-refractivity contribution < 1.29 is 61.5 Å². The molecule has 2 aliphatic rings. The van der Waals surface area contributed by atoms with Gasteiger partial charge in [-0.15, -0.1) is 0 Å². The van der Waals surface area contributed by atoms with E-state index in [0.29, 0.717) is 0 Å². The van der Waals surface area contributed by atoms with E-state index in [2.05, 4.69) is 0 Å². The molecule has 1 unspecified atom stereocenters. The third-order valence-corrected chi connectivity index (χ3v) is 5.11. The minimum atomic E-state index is -1.95. The van der Waals surface area contributed by atoms with E-state index in [4.69, 9.17) is 25.8 Å². The molecule has 7 N–H and O–H groups in total. The molecule has 12 heteroatoms. The number of nitrogens with zero attached hydrogens (tertiary/aromatic N) is 1. The summed E-state index contributed by atoms with van der Waals surface area (Å²) in [6.45, 7) is -1.37. The van der Waals surface area contributed by atoms with E-state index in [9.17, 15) is 41.0 Å². The number of aliphatic hydroxyl groups excluding tert-OH is 7. The highest BCUT2D eigenvalue weighted by Gasteiger charge is 2.48. The van der Waals surface area contributed by atoms with Crippen LogP contribution in [0.2, 0.25) is 0 Å². The van der Waals surface area contributed by atoms with Crippen LogP contribution in [0, 0.1) is 11.3 Å². The lowest BCUT2D eigenvalue weighted by Crippen LogP contribution is -2.61. The first-order chi connectivity index (χ1) is 17.3. The molecule has 2 fully saturated rings. The molecule has 2 aliphatic heterocycles. The first-order valence-electron chi connectivity index (χ1n) is 12.1. The standard InChI is InChI=1S/C20H27NO11/c21-6-10(9-4-2-1-3-5-9)30-20-18(28)16(26)14(24)12(32-20)8-29-19-17(27)15(25)13(23)11(7-22)31-19/h1-5,10-20,22-28H,7-8H2/t10-,11+,12+,13+,14+,15-,16-,17+,18+,19+,20?/m0/s1/i1D,2D,3D,4D,5D. The van der Waals surface area contributed by atoms with Crippen LogP contribution in [0.5, 0.6) is 0 Å². The summed E-state index contributed by atoms with van der Waals surface area (Å²) in [6, 6.07) is -2.01. The monoisotopic (exact) mass is 462 g/mol. The summed E-state index contributed by atoms with van der Waals surface area (Å²) >= 11 is 0. The molecule has 1 aromatic rings. The Morgan fingerprint density at radius 1 is 0.875 bits per heavy atom. The molecule has 0 spiro atoms. The van der Waals surface area contributed by atoms with Gasteiger partial charge in [0.15, 0.2) is 18.7 Å². The van der Waals surface area contributed by atoms with Crippen LogP contribution < -0.4 is 0 Å². The summed E-state index contributed by atoms with van der Waals surface area (Å²) in [7, 11) is 0. The first kappa shape index (κ1) is 18.7. The molecular formula is C20H27NO11. The van der Waals surface area contributed by atoms with Crippen LogP contribution >= 0.6 is 0 Å². The molecule has 2 heterocycles. The van der Waals surface area contributed by atoms with Gasteiger partial charge in [0, 0.05) is 0 Å². The number of benzene rings is 1. The summed E-state index contributed by atoms with van der Waals surface area (Å²) in [4.78, 5) is 0. The average molecular weight is 462 g/mol. The van der Waals surface area contributed by atoms with Crippen LogP contribution in [-0.4, -0.2) is 110 Å². The van der Waals surface area contributed by atoms with Crippen LogP contribution in [0.15, 0.2) is 30.2 Å². The summed E-state index contributed by atoms with van der Waals surface area (Å²) in [5, 5.41) is 79.6. The van der Waals surface area contributed by atoms with Gasteiger partial charge in [-0.25, -0.2) is 0 Å². The van der Waals surface area contributed by atoms with Crippen LogP contribution in [0.1, 0.15) is 18.5 Å². The number of aliphatic hydroxyl groups is 7. The van der Waals surface area contributed by atoms with Crippen LogP contribution in [-0.2, 0) is 18.9 Å². The fourth-order valence-electron chi connectivity index (χ4n) is 3.25. The molecule has 178 valence electrons. The topological polar surface area (TPSA) is 202 Å². The Bertz CT molecular complexity index is 985. The van der Waals surface area contributed by atoms with Gasteiger partial charge < -0.3 is 54.7 Å². The van der Waals surface area contributed by atoms with Crippen LogP contribution in [0.25, 0.3) is 0 Å². The highest BCUT2D eigenvalue weighted by Crippen LogP contribution is 2.28. The predicted molar refractivity (Wildman–Crippen MR) is 102 cm³/mol. The van der Waals surface area contributed by atoms with Gasteiger partial charge in [-0.1, -0.05) is 30.2 Å². The molecule has 11 atom stereocenters. The Labute approximate surface area is 190 Å². The Balaban J connectivity index is 1.77. The SMILES string of the molecule is [2H]c1c([2H])c([2H])c([C@H](C#N)OC2O[C@H](CO[C@@H]3O[C@H](CO)[C@@H](O)[C@H](O)[C@H]3O)[C@@H](O)[C@H](O)[C@H]2O)c([2H])c1[2H]. The Kier molecular flexibility index (Phi) is 6.37. The maximum absolute atomic E-state index is 10.3. The van der Waals surface area contributed by atoms with E-state index in [-0.39, 0.29) is 0 Å². The van der Waals surface area contributed by atoms with Crippen molar-refractivity contribution in [2.45, 2.75) is 67.5 Å². The van der Waals surface area contributed by atoms with E-state index in [0.717, 1.165) is 0 Å². The molecule has 0 aliphatic carbocycles. The van der Waals surface area contributed by atoms with Crippen molar-refractivity contribution in [1.29, 1.82) is 5.26 Å². The average Bonchev–Trinajstić information content (AvgIpc) is 2.89. The number of nitriles is 1. The lowest BCUT2D eigenvalue weighted by atomic mass is 9.98. The number of hydrogen-bond donors (Lipinski definition) is 7. The lowest BCUT2D eigenvalue weighted by molar-refractivity contribution is -0.334. The molecule has 1 aromatic carbocycles. The lowest BCUT2D eigenvalue weighted by Gasteiger charge is -2.43. The predicted octanol–water partition coefficient (Wildman–Crippen LogP) is -3.11. The zero-order valence-corrected chi connectivity index (χ0v) is 16.5. The van der Waals surface area contributed by atoms with Gasteiger partial charge in [0.1, 0.15) is 48.8 Å². The van der Waals surface area contributed by atoms with Gasteiger partial charge >= 0.3 is 0 Å². The quantitative estimate of drug-likeness (QED) is 0.215. The van der Waals surface area contributed by atoms with Crippen molar-refractivity contribution in [1.82, 2.24) is 0 Å². The van der Waals surface area contributed by atoms with E-state index in [1.54, 1.807) is 6.07 Å². The van der Waals surface area contributed by atoms with Crippen molar-refractivity contribution in [2.24, 2.45) is 0 Å². The van der Waals surface area contributed by atoms with E-state index in [1.165, 1.54) is 0 Å².